The summed E-state index contributed by atoms with van der Waals surface area (Å²) in [6, 6.07) is 8.77. The molecule has 0 saturated carbocycles. The fourth-order valence-electron chi connectivity index (χ4n) is 3.29. The van der Waals surface area contributed by atoms with E-state index < -0.39 is 0 Å². The Hall–Kier alpha value is -0.835. The number of rotatable bonds is 4. The lowest BCUT2D eigenvalue weighted by Gasteiger charge is -2.32. The molecule has 2 aliphatic rings. The van der Waals surface area contributed by atoms with E-state index in [9.17, 15) is 0 Å². The van der Waals surface area contributed by atoms with Crippen LogP contribution in [0.2, 0.25) is 0 Å². The summed E-state index contributed by atoms with van der Waals surface area (Å²) in [5, 5.41) is 0. The quantitative estimate of drug-likeness (QED) is 0.797. The van der Waals surface area contributed by atoms with Crippen LogP contribution in [0.15, 0.2) is 24.3 Å². The Bertz CT molecular complexity index is 505. The summed E-state index contributed by atoms with van der Waals surface area (Å²) >= 11 is 0. The number of likely N-dealkylation sites (tertiary alicyclic amines) is 1. The minimum Gasteiger partial charge on any atom is -0.399 e. The molecule has 0 aromatic heterocycles. The molecule has 0 N–H and O–H groups in total. The molecule has 3 rings (SSSR count). The summed E-state index contributed by atoms with van der Waals surface area (Å²) in [7, 11) is -0.254. The Morgan fingerprint density at radius 1 is 0.913 bits per heavy atom. The van der Waals surface area contributed by atoms with Gasteiger partial charge in [0.25, 0.3) is 0 Å². The van der Waals surface area contributed by atoms with Crippen molar-refractivity contribution in [3.8, 4) is 0 Å². The molecule has 1 aromatic rings. The summed E-state index contributed by atoms with van der Waals surface area (Å²) < 4.78 is 12.2. The highest BCUT2D eigenvalue weighted by Gasteiger charge is 2.51. The Balaban J connectivity index is 1.57. The fraction of sp³-hybridized carbons (Fsp3) is 0.684. The van der Waals surface area contributed by atoms with Crippen molar-refractivity contribution in [3.63, 3.8) is 0 Å². The highest BCUT2D eigenvalue weighted by atomic mass is 16.7. The van der Waals surface area contributed by atoms with Crippen LogP contribution in [0.1, 0.15) is 52.5 Å². The van der Waals surface area contributed by atoms with Gasteiger partial charge in [-0.25, -0.2) is 0 Å². The van der Waals surface area contributed by atoms with Crippen LogP contribution >= 0.6 is 0 Å². The van der Waals surface area contributed by atoms with E-state index in [1.54, 1.807) is 0 Å². The minimum absolute atomic E-state index is 0.254. The second-order valence-electron chi connectivity index (χ2n) is 7.98. The van der Waals surface area contributed by atoms with Gasteiger partial charge in [0.2, 0.25) is 0 Å². The predicted molar refractivity (Wildman–Crippen MR) is 96.2 cm³/mol. The molecule has 0 atom stereocenters. The van der Waals surface area contributed by atoms with Crippen molar-refractivity contribution in [3.05, 3.63) is 29.8 Å². The lowest BCUT2D eigenvalue weighted by molar-refractivity contribution is 0.00578. The summed E-state index contributed by atoms with van der Waals surface area (Å²) in [4.78, 5) is 2.59. The number of hydrogen-bond acceptors (Lipinski definition) is 3. The normalized spacial score (nSPS) is 24.1. The van der Waals surface area contributed by atoms with Crippen LogP contribution in [0.25, 0.3) is 0 Å². The second-order valence-corrected chi connectivity index (χ2v) is 7.98. The molecule has 23 heavy (non-hydrogen) atoms. The average Bonchev–Trinajstić information content (AvgIpc) is 2.75. The second kappa shape index (κ2) is 6.58. The maximum atomic E-state index is 6.11. The number of nitrogens with zero attached hydrogens (tertiary/aromatic N) is 1. The maximum Gasteiger partial charge on any atom is 0.494 e. The van der Waals surface area contributed by atoms with Crippen molar-refractivity contribution in [1.29, 1.82) is 0 Å². The first kappa shape index (κ1) is 17.0. The van der Waals surface area contributed by atoms with E-state index in [0.29, 0.717) is 0 Å². The molecule has 2 aliphatic heterocycles. The Labute approximate surface area is 141 Å². The van der Waals surface area contributed by atoms with Gasteiger partial charge >= 0.3 is 7.12 Å². The maximum absolute atomic E-state index is 6.11. The zero-order chi connectivity index (χ0) is 16.5. The Kier molecular flexibility index (Phi) is 4.86. The monoisotopic (exact) mass is 315 g/mol. The first-order chi connectivity index (χ1) is 10.9. The molecule has 4 heteroatoms. The molecule has 0 bridgehead atoms. The minimum atomic E-state index is -0.273. The Morgan fingerprint density at radius 3 is 2.04 bits per heavy atom. The zero-order valence-electron chi connectivity index (χ0n) is 15.1. The van der Waals surface area contributed by atoms with E-state index in [2.05, 4.69) is 56.9 Å². The van der Waals surface area contributed by atoms with Gasteiger partial charge in [-0.1, -0.05) is 30.7 Å². The van der Waals surface area contributed by atoms with Gasteiger partial charge in [-0.15, -0.1) is 0 Å². The standard InChI is InChI=1S/C19H30BNO2/c1-18(2)19(3,4)23-20(22-18)17-10-8-16(9-11-17)12-15-21-13-6-5-7-14-21/h8-11H,5-7,12-15H2,1-4H3. The number of hydrogen-bond donors (Lipinski definition) is 0. The van der Waals surface area contributed by atoms with Crippen LogP contribution in [0, 0.1) is 0 Å². The van der Waals surface area contributed by atoms with Crippen LogP contribution in [0.3, 0.4) is 0 Å². The van der Waals surface area contributed by atoms with Gasteiger partial charge < -0.3 is 14.2 Å². The molecule has 126 valence electrons. The van der Waals surface area contributed by atoms with Gasteiger partial charge in [0.05, 0.1) is 11.2 Å². The highest BCUT2D eigenvalue weighted by Crippen LogP contribution is 2.36. The van der Waals surface area contributed by atoms with Gasteiger partial charge in [0, 0.05) is 6.54 Å². The van der Waals surface area contributed by atoms with Crippen molar-refractivity contribution in [1.82, 2.24) is 4.90 Å². The third-order valence-electron chi connectivity index (χ3n) is 5.67. The first-order valence-corrected chi connectivity index (χ1v) is 9.04. The fourth-order valence-corrected chi connectivity index (χ4v) is 3.29. The topological polar surface area (TPSA) is 21.7 Å². The van der Waals surface area contributed by atoms with E-state index in [1.165, 1.54) is 44.5 Å². The van der Waals surface area contributed by atoms with Crippen LogP contribution in [-0.4, -0.2) is 42.9 Å². The van der Waals surface area contributed by atoms with Gasteiger partial charge in [-0.3, -0.25) is 0 Å². The molecule has 2 heterocycles. The molecule has 0 aliphatic carbocycles. The summed E-state index contributed by atoms with van der Waals surface area (Å²) in [5.41, 5.74) is 1.97. The molecule has 0 amide bonds. The molecular formula is C19H30BNO2. The zero-order valence-corrected chi connectivity index (χ0v) is 15.1. The molecule has 2 fully saturated rings. The van der Waals surface area contributed by atoms with Gasteiger partial charge in [0.1, 0.15) is 0 Å². The van der Waals surface area contributed by atoms with E-state index >= 15 is 0 Å². The highest BCUT2D eigenvalue weighted by molar-refractivity contribution is 6.62. The van der Waals surface area contributed by atoms with Gasteiger partial charge in [0.15, 0.2) is 0 Å². The van der Waals surface area contributed by atoms with E-state index in [1.807, 2.05) is 0 Å². The molecule has 1 aromatic carbocycles. The van der Waals surface area contributed by atoms with E-state index in [4.69, 9.17) is 9.31 Å². The largest absolute Gasteiger partial charge is 0.494 e. The van der Waals surface area contributed by atoms with Crippen molar-refractivity contribution < 1.29 is 9.31 Å². The van der Waals surface area contributed by atoms with Gasteiger partial charge in [-0.05, 0) is 71.1 Å². The van der Waals surface area contributed by atoms with Crippen molar-refractivity contribution in [2.45, 2.75) is 64.6 Å². The summed E-state index contributed by atoms with van der Waals surface area (Å²) in [6.45, 7) is 12.1. The third-order valence-corrected chi connectivity index (χ3v) is 5.67. The molecular weight excluding hydrogens is 285 g/mol. The van der Waals surface area contributed by atoms with Gasteiger partial charge in [-0.2, -0.15) is 0 Å². The summed E-state index contributed by atoms with van der Waals surface area (Å²) in [5.74, 6) is 0. The molecule has 2 saturated heterocycles. The smallest absolute Gasteiger partial charge is 0.399 e. The lowest BCUT2D eigenvalue weighted by Crippen LogP contribution is -2.41. The number of benzene rings is 1. The van der Waals surface area contributed by atoms with Crippen molar-refractivity contribution in [2.24, 2.45) is 0 Å². The Morgan fingerprint density at radius 2 is 1.48 bits per heavy atom. The lowest BCUT2D eigenvalue weighted by atomic mass is 9.79. The molecule has 0 unspecified atom stereocenters. The van der Waals surface area contributed by atoms with Crippen LogP contribution < -0.4 is 5.46 Å². The third kappa shape index (κ3) is 3.81. The predicted octanol–water partition coefficient (Wildman–Crippen LogP) is 3.01. The average molecular weight is 315 g/mol. The molecule has 0 radical (unpaired) electrons. The molecule has 3 nitrogen and oxygen atoms in total. The van der Waals surface area contributed by atoms with E-state index in [-0.39, 0.29) is 18.3 Å². The summed E-state index contributed by atoms with van der Waals surface area (Å²) in [6.07, 6.45) is 5.25. The van der Waals surface area contributed by atoms with Crippen LogP contribution in [0.5, 0.6) is 0 Å². The van der Waals surface area contributed by atoms with Crippen molar-refractivity contribution >= 4 is 12.6 Å². The first-order valence-electron chi connectivity index (χ1n) is 9.04. The SMILES string of the molecule is CC1(C)OB(c2ccc(CCN3CCCCC3)cc2)OC1(C)C. The van der Waals surface area contributed by atoms with Crippen molar-refractivity contribution in [2.75, 3.05) is 19.6 Å². The van der Waals surface area contributed by atoms with Crippen LogP contribution in [0.4, 0.5) is 0 Å². The molecule has 0 spiro atoms. The number of piperidine rings is 1. The van der Waals surface area contributed by atoms with E-state index in [0.717, 1.165) is 11.9 Å². The van der Waals surface area contributed by atoms with Crippen LogP contribution in [-0.2, 0) is 15.7 Å².